The molecule has 0 bridgehead atoms. The molecule has 0 heterocycles. The average molecular weight is 353 g/mol. The van der Waals surface area contributed by atoms with Crippen LogP contribution in [0.1, 0.15) is 74.8 Å². The highest BCUT2D eigenvalue weighted by atomic mass is 14.1. The number of hydrogen-bond acceptors (Lipinski definition) is 0. The summed E-state index contributed by atoms with van der Waals surface area (Å²) in [7, 11) is 0. The van der Waals surface area contributed by atoms with E-state index in [0.29, 0.717) is 5.92 Å². The van der Waals surface area contributed by atoms with Crippen LogP contribution in [-0.2, 0) is 0 Å². The van der Waals surface area contributed by atoms with Crippen LogP contribution in [0.4, 0.5) is 0 Å². The Labute approximate surface area is 163 Å². The van der Waals surface area contributed by atoms with Crippen molar-refractivity contribution in [2.24, 2.45) is 5.92 Å². The van der Waals surface area contributed by atoms with E-state index >= 15 is 0 Å². The van der Waals surface area contributed by atoms with Crippen LogP contribution in [0.15, 0.2) is 54.6 Å². The first-order chi connectivity index (χ1) is 12.0. The molecule has 2 rings (SSSR count). The maximum absolute atomic E-state index is 3.56. The Balaban J connectivity index is 0.000000437. The molecule has 0 nitrogen and oxygen atoms in total. The molecule has 0 fully saturated rings. The largest absolute Gasteiger partial charge is 0.100 e. The van der Waals surface area contributed by atoms with Crippen LogP contribution >= 0.6 is 0 Å². The fourth-order valence-corrected chi connectivity index (χ4v) is 2.76. The van der Waals surface area contributed by atoms with Crippen molar-refractivity contribution < 1.29 is 0 Å². The van der Waals surface area contributed by atoms with E-state index in [1.165, 1.54) is 39.8 Å². The van der Waals surface area contributed by atoms with Gasteiger partial charge in [0.2, 0.25) is 0 Å². The standard InChI is InChI=1S/C14H22.C8H10.C4H8/c1-10(2)8-13(5)14-9-11(3)6-7-12(14)4;1-7-3-5-8(2)6-4-7;1-4(2)3/h6-7,9-10,13H,8H2,1-5H3;3-6H,1-2H3;1H2,2-3H3. The minimum Gasteiger partial charge on any atom is -0.100 e. The van der Waals surface area contributed by atoms with E-state index < -0.39 is 0 Å². The predicted molar refractivity (Wildman–Crippen MR) is 120 cm³/mol. The van der Waals surface area contributed by atoms with Gasteiger partial charge in [-0.05, 0) is 70.9 Å². The first kappa shape index (κ1) is 24.2. The van der Waals surface area contributed by atoms with Crippen molar-refractivity contribution in [2.75, 3.05) is 0 Å². The zero-order valence-electron chi connectivity index (χ0n) is 18.6. The number of benzene rings is 2. The highest BCUT2D eigenvalue weighted by molar-refractivity contribution is 5.32. The summed E-state index contributed by atoms with van der Waals surface area (Å²) < 4.78 is 0. The SMILES string of the molecule is C=C(C)C.Cc1ccc(C)c(C(C)CC(C)C)c1.Cc1ccc(C)cc1. The summed E-state index contributed by atoms with van der Waals surface area (Å²) in [5, 5.41) is 0. The maximum Gasteiger partial charge on any atom is -0.0185 e. The third kappa shape index (κ3) is 11.7. The molecule has 0 radical (unpaired) electrons. The highest BCUT2D eigenvalue weighted by Gasteiger charge is 2.10. The molecule has 2 aromatic carbocycles. The van der Waals surface area contributed by atoms with Crippen molar-refractivity contribution in [1.82, 2.24) is 0 Å². The Bertz CT molecular complexity index is 619. The summed E-state index contributed by atoms with van der Waals surface area (Å²) in [6.07, 6.45) is 1.28. The first-order valence-corrected chi connectivity index (χ1v) is 9.75. The summed E-state index contributed by atoms with van der Waals surface area (Å²) in [4.78, 5) is 0. The molecular formula is C26H40. The van der Waals surface area contributed by atoms with Crippen LogP contribution in [-0.4, -0.2) is 0 Å². The molecule has 0 N–H and O–H groups in total. The number of allylic oxidation sites excluding steroid dienone is 1. The fraction of sp³-hybridized carbons (Fsp3) is 0.462. The van der Waals surface area contributed by atoms with E-state index in [4.69, 9.17) is 0 Å². The van der Waals surface area contributed by atoms with E-state index in [9.17, 15) is 0 Å². The van der Waals surface area contributed by atoms with Crippen molar-refractivity contribution in [3.8, 4) is 0 Å². The van der Waals surface area contributed by atoms with Crippen LogP contribution in [0.25, 0.3) is 0 Å². The topological polar surface area (TPSA) is 0 Å². The predicted octanol–water partition coefficient (Wildman–Crippen LogP) is 8.34. The van der Waals surface area contributed by atoms with Gasteiger partial charge in [0.05, 0.1) is 0 Å². The molecule has 1 atom stereocenters. The van der Waals surface area contributed by atoms with Crippen molar-refractivity contribution >= 4 is 0 Å². The van der Waals surface area contributed by atoms with Gasteiger partial charge in [-0.25, -0.2) is 0 Å². The molecule has 0 spiro atoms. The normalized spacial score (nSPS) is 11.0. The van der Waals surface area contributed by atoms with Gasteiger partial charge in [0.25, 0.3) is 0 Å². The lowest BCUT2D eigenvalue weighted by atomic mass is 9.88. The van der Waals surface area contributed by atoms with Crippen LogP contribution in [0.2, 0.25) is 0 Å². The Morgan fingerprint density at radius 3 is 1.54 bits per heavy atom. The fourth-order valence-electron chi connectivity index (χ4n) is 2.76. The van der Waals surface area contributed by atoms with E-state index in [2.05, 4.69) is 97.5 Å². The molecule has 0 saturated heterocycles. The number of hydrogen-bond donors (Lipinski definition) is 0. The molecule has 0 aliphatic carbocycles. The van der Waals surface area contributed by atoms with E-state index in [0.717, 1.165) is 5.92 Å². The summed E-state index contributed by atoms with van der Waals surface area (Å²) in [6.45, 7) is 23.0. The Hall–Kier alpha value is -1.82. The van der Waals surface area contributed by atoms with Crippen molar-refractivity contribution in [3.63, 3.8) is 0 Å². The Morgan fingerprint density at radius 2 is 1.15 bits per heavy atom. The lowest BCUT2D eigenvalue weighted by molar-refractivity contribution is 0.522. The molecule has 0 saturated carbocycles. The lowest BCUT2D eigenvalue weighted by Gasteiger charge is -2.17. The Kier molecular flexibility index (Phi) is 11.6. The van der Waals surface area contributed by atoms with E-state index in [-0.39, 0.29) is 0 Å². The maximum atomic E-state index is 3.56. The van der Waals surface area contributed by atoms with Gasteiger partial charge in [0, 0.05) is 0 Å². The molecular weight excluding hydrogens is 312 g/mol. The van der Waals surface area contributed by atoms with Crippen LogP contribution in [0.5, 0.6) is 0 Å². The van der Waals surface area contributed by atoms with Gasteiger partial charge in [-0.3, -0.25) is 0 Å². The number of aryl methyl sites for hydroxylation is 4. The first-order valence-electron chi connectivity index (χ1n) is 9.75. The van der Waals surface area contributed by atoms with E-state index in [1.807, 2.05) is 13.8 Å². The van der Waals surface area contributed by atoms with Crippen molar-refractivity contribution in [1.29, 1.82) is 0 Å². The molecule has 0 aromatic heterocycles. The quantitative estimate of drug-likeness (QED) is 0.487. The number of rotatable bonds is 3. The molecule has 26 heavy (non-hydrogen) atoms. The van der Waals surface area contributed by atoms with Gasteiger partial charge in [-0.2, -0.15) is 0 Å². The zero-order valence-corrected chi connectivity index (χ0v) is 18.6. The highest BCUT2D eigenvalue weighted by Crippen LogP contribution is 2.26. The summed E-state index contributed by atoms with van der Waals surface area (Å²) in [5.41, 5.74) is 8.16. The third-order valence-electron chi connectivity index (χ3n) is 4.01. The van der Waals surface area contributed by atoms with Crippen LogP contribution in [0.3, 0.4) is 0 Å². The molecule has 0 heteroatoms. The lowest BCUT2D eigenvalue weighted by Crippen LogP contribution is -2.01. The molecule has 0 amide bonds. The summed E-state index contributed by atoms with van der Waals surface area (Å²) in [6, 6.07) is 15.3. The van der Waals surface area contributed by atoms with E-state index in [1.54, 1.807) is 0 Å². The second-order valence-electron chi connectivity index (χ2n) is 8.25. The molecule has 0 aliphatic heterocycles. The molecule has 1 unspecified atom stereocenters. The average Bonchev–Trinajstić information content (AvgIpc) is 2.52. The second kappa shape index (κ2) is 12.5. The van der Waals surface area contributed by atoms with Crippen molar-refractivity contribution in [2.45, 2.75) is 74.7 Å². The van der Waals surface area contributed by atoms with Gasteiger partial charge in [0.1, 0.15) is 0 Å². The summed E-state index contributed by atoms with van der Waals surface area (Å²) >= 11 is 0. The minimum atomic E-state index is 0.690. The van der Waals surface area contributed by atoms with Crippen LogP contribution < -0.4 is 0 Å². The summed E-state index contributed by atoms with van der Waals surface area (Å²) in [5.74, 6) is 1.47. The molecule has 2 aromatic rings. The van der Waals surface area contributed by atoms with Gasteiger partial charge in [0.15, 0.2) is 0 Å². The van der Waals surface area contributed by atoms with Crippen molar-refractivity contribution in [3.05, 3.63) is 82.4 Å². The Morgan fingerprint density at radius 1 is 0.769 bits per heavy atom. The zero-order chi connectivity index (χ0) is 20.3. The monoisotopic (exact) mass is 352 g/mol. The third-order valence-corrected chi connectivity index (χ3v) is 4.01. The van der Waals surface area contributed by atoms with Gasteiger partial charge < -0.3 is 0 Å². The van der Waals surface area contributed by atoms with Gasteiger partial charge in [-0.15, -0.1) is 6.58 Å². The van der Waals surface area contributed by atoms with Gasteiger partial charge >= 0.3 is 0 Å². The molecule has 0 aliphatic rings. The van der Waals surface area contributed by atoms with Crippen LogP contribution in [0, 0.1) is 33.6 Å². The minimum absolute atomic E-state index is 0.690. The van der Waals surface area contributed by atoms with Gasteiger partial charge in [-0.1, -0.05) is 85.5 Å². The molecule has 144 valence electrons. The smallest absolute Gasteiger partial charge is 0.0185 e. The second-order valence-corrected chi connectivity index (χ2v) is 8.25.